The fourth-order valence-electron chi connectivity index (χ4n) is 2.26. The minimum absolute atomic E-state index is 0.00719. The Labute approximate surface area is 130 Å². The van der Waals surface area contributed by atoms with Crippen molar-refractivity contribution in [3.05, 3.63) is 91.2 Å². The SMILES string of the molecule is C=c1[nH]n(-c2ccccc2)c(=O)c1=Cc1ccc([N+](=O)[O-])cc1. The smallest absolute Gasteiger partial charge is 0.279 e. The van der Waals surface area contributed by atoms with E-state index in [-0.39, 0.29) is 11.2 Å². The summed E-state index contributed by atoms with van der Waals surface area (Å²) in [6.07, 6.45) is 1.66. The van der Waals surface area contributed by atoms with Crippen molar-refractivity contribution >= 4 is 18.3 Å². The molecule has 6 nitrogen and oxygen atoms in total. The Hall–Kier alpha value is -3.41. The summed E-state index contributed by atoms with van der Waals surface area (Å²) in [6.45, 7) is 3.85. The molecule has 3 aromatic rings. The number of rotatable bonds is 3. The molecule has 0 saturated carbocycles. The van der Waals surface area contributed by atoms with Crippen LogP contribution in [-0.4, -0.2) is 14.7 Å². The molecule has 0 fully saturated rings. The first kappa shape index (κ1) is 14.5. The molecule has 1 aromatic heterocycles. The van der Waals surface area contributed by atoms with E-state index in [0.717, 1.165) is 0 Å². The average Bonchev–Trinajstić information content (AvgIpc) is 2.84. The Bertz CT molecular complexity index is 1020. The minimum atomic E-state index is -0.463. The first-order valence-electron chi connectivity index (χ1n) is 6.88. The van der Waals surface area contributed by atoms with E-state index < -0.39 is 4.92 Å². The molecule has 1 heterocycles. The Morgan fingerprint density at radius 2 is 1.74 bits per heavy atom. The van der Waals surface area contributed by atoms with Gasteiger partial charge in [-0.05, 0) is 35.9 Å². The Morgan fingerprint density at radius 1 is 1.09 bits per heavy atom. The van der Waals surface area contributed by atoms with Crippen LogP contribution in [0.1, 0.15) is 5.56 Å². The molecule has 3 rings (SSSR count). The molecule has 6 heteroatoms. The van der Waals surface area contributed by atoms with Gasteiger partial charge in [0.25, 0.3) is 11.2 Å². The number of nitro groups is 1. The quantitative estimate of drug-likeness (QED) is 0.585. The number of nitro benzene ring substituents is 1. The molecule has 0 saturated heterocycles. The zero-order valence-corrected chi connectivity index (χ0v) is 12.1. The van der Waals surface area contributed by atoms with Crippen molar-refractivity contribution in [1.82, 2.24) is 9.78 Å². The van der Waals surface area contributed by atoms with Gasteiger partial charge in [-0.15, -0.1) is 0 Å². The molecule has 1 N–H and O–H groups in total. The molecule has 0 aliphatic carbocycles. The zero-order valence-electron chi connectivity index (χ0n) is 12.1. The molecule has 23 heavy (non-hydrogen) atoms. The monoisotopic (exact) mass is 307 g/mol. The van der Waals surface area contributed by atoms with E-state index in [4.69, 9.17) is 0 Å². The van der Waals surface area contributed by atoms with E-state index >= 15 is 0 Å². The predicted octanol–water partition coefficient (Wildman–Crippen LogP) is 1.31. The number of hydrogen-bond donors (Lipinski definition) is 1. The van der Waals surface area contributed by atoms with Gasteiger partial charge in [-0.25, -0.2) is 4.68 Å². The molecular weight excluding hydrogens is 294 g/mol. The Morgan fingerprint density at radius 3 is 2.35 bits per heavy atom. The lowest BCUT2D eigenvalue weighted by molar-refractivity contribution is -0.384. The summed E-state index contributed by atoms with van der Waals surface area (Å²) in [6, 6.07) is 15.2. The van der Waals surface area contributed by atoms with Gasteiger partial charge in [-0.1, -0.05) is 24.8 Å². The second-order valence-corrected chi connectivity index (χ2v) is 4.97. The summed E-state index contributed by atoms with van der Waals surface area (Å²) >= 11 is 0. The van der Waals surface area contributed by atoms with Crippen LogP contribution >= 0.6 is 0 Å². The van der Waals surface area contributed by atoms with Gasteiger partial charge < -0.3 is 0 Å². The third-order valence-electron chi connectivity index (χ3n) is 3.43. The van der Waals surface area contributed by atoms with Crippen LogP contribution in [0.25, 0.3) is 18.3 Å². The van der Waals surface area contributed by atoms with Crippen molar-refractivity contribution in [3.8, 4) is 5.69 Å². The highest BCUT2D eigenvalue weighted by atomic mass is 16.6. The third kappa shape index (κ3) is 2.82. The van der Waals surface area contributed by atoms with Crippen molar-refractivity contribution in [2.45, 2.75) is 0 Å². The number of non-ortho nitro benzene ring substituents is 1. The lowest BCUT2D eigenvalue weighted by Crippen LogP contribution is -2.33. The Balaban J connectivity index is 2.10. The molecule has 0 aliphatic heterocycles. The maximum Gasteiger partial charge on any atom is 0.279 e. The number of para-hydroxylation sites is 1. The molecule has 0 bridgehead atoms. The normalized spacial score (nSPS) is 11.6. The largest absolute Gasteiger partial charge is 0.291 e. The fourth-order valence-corrected chi connectivity index (χ4v) is 2.26. The lowest BCUT2D eigenvalue weighted by Gasteiger charge is -1.98. The van der Waals surface area contributed by atoms with E-state index in [0.29, 0.717) is 21.8 Å². The van der Waals surface area contributed by atoms with E-state index in [1.807, 2.05) is 30.3 Å². The highest BCUT2D eigenvalue weighted by Crippen LogP contribution is 2.11. The van der Waals surface area contributed by atoms with Gasteiger partial charge in [0.1, 0.15) is 0 Å². The van der Waals surface area contributed by atoms with Gasteiger partial charge in [-0.2, -0.15) is 0 Å². The number of aromatic amines is 1. The summed E-state index contributed by atoms with van der Waals surface area (Å²) in [5, 5.41) is 14.5. The van der Waals surface area contributed by atoms with Gasteiger partial charge in [0, 0.05) is 12.1 Å². The van der Waals surface area contributed by atoms with Crippen LogP contribution in [0.2, 0.25) is 0 Å². The van der Waals surface area contributed by atoms with Crippen LogP contribution in [0.3, 0.4) is 0 Å². The van der Waals surface area contributed by atoms with E-state index in [2.05, 4.69) is 11.7 Å². The topological polar surface area (TPSA) is 80.9 Å². The van der Waals surface area contributed by atoms with Crippen LogP contribution in [0.15, 0.2) is 59.4 Å². The Kier molecular flexibility index (Phi) is 3.64. The van der Waals surface area contributed by atoms with E-state index in [1.54, 1.807) is 18.2 Å². The molecule has 0 atom stereocenters. The van der Waals surface area contributed by atoms with Crippen molar-refractivity contribution in [1.29, 1.82) is 0 Å². The highest BCUT2D eigenvalue weighted by molar-refractivity contribution is 5.52. The number of nitrogens with zero attached hydrogens (tertiary/aromatic N) is 2. The number of benzene rings is 2. The molecule has 0 spiro atoms. The van der Waals surface area contributed by atoms with Gasteiger partial charge in [0.2, 0.25) is 0 Å². The minimum Gasteiger partial charge on any atom is -0.291 e. The van der Waals surface area contributed by atoms with E-state index in [1.165, 1.54) is 16.8 Å². The number of H-pyrrole nitrogens is 1. The van der Waals surface area contributed by atoms with Crippen LogP contribution in [-0.2, 0) is 0 Å². The average molecular weight is 307 g/mol. The lowest BCUT2D eigenvalue weighted by atomic mass is 10.2. The van der Waals surface area contributed by atoms with Gasteiger partial charge in [-0.3, -0.25) is 20.0 Å². The first-order chi connectivity index (χ1) is 11.1. The van der Waals surface area contributed by atoms with Gasteiger partial charge in [0.05, 0.1) is 21.2 Å². The highest BCUT2D eigenvalue weighted by Gasteiger charge is 2.06. The van der Waals surface area contributed by atoms with E-state index in [9.17, 15) is 14.9 Å². The molecule has 114 valence electrons. The molecule has 0 radical (unpaired) electrons. The number of aromatic nitrogens is 2. The van der Waals surface area contributed by atoms with Gasteiger partial charge >= 0.3 is 0 Å². The molecule has 0 aliphatic rings. The molecule has 0 unspecified atom stereocenters. The van der Waals surface area contributed by atoms with Crippen molar-refractivity contribution in [3.63, 3.8) is 0 Å². The second kappa shape index (κ2) is 5.76. The third-order valence-corrected chi connectivity index (χ3v) is 3.43. The fraction of sp³-hybridized carbons (Fsp3) is 0. The number of hydrogen-bond acceptors (Lipinski definition) is 3. The maximum atomic E-state index is 12.5. The maximum absolute atomic E-state index is 12.5. The van der Waals surface area contributed by atoms with Crippen LogP contribution in [0.5, 0.6) is 0 Å². The zero-order chi connectivity index (χ0) is 16.4. The van der Waals surface area contributed by atoms with Crippen molar-refractivity contribution < 1.29 is 4.92 Å². The number of nitrogens with one attached hydrogen (secondary N) is 1. The molecule has 0 amide bonds. The van der Waals surface area contributed by atoms with Crippen molar-refractivity contribution in [2.24, 2.45) is 0 Å². The predicted molar refractivity (Wildman–Crippen MR) is 87.8 cm³/mol. The summed E-state index contributed by atoms with van der Waals surface area (Å²) in [7, 11) is 0. The van der Waals surface area contributed by atoms with Gasteiger partial charge in [0.15, 0.2) is 0 Å². The van der Waals surface area contributed by atoms with Crippen LogP contribution in [0, 0.1) is 10.1 Å². The van der Waals surface area contributed by atoms with Crippen LogP contribution in [0.4, 0.5) is 5.69 Å². The second-order valence-electron chi connectivity index (χ2n) is 4.97. The summed E-state index contributed by atoms with van der Waals surface area (Å²) in [5.74, 6) is 0. The van der Waals surface area contributed by atoms with Crippen molar-refractivity contribution in [2.75, 3.05) is 0 Å². The summed E-state index contributed by atoms with van der Waals surface area (Å²) < 4.78 is 1.42. The molecular formula is C17H13N3O3. The standard InChI is InChI=1S/C17H13N3O3/c1-12-16(11-13-7-9-15(10-8-13)20(22)23)17(21)19(18-12)14-5-3-2-4-6-14/h2-11,18H,1H2. The molecule has 2 aromatic carbocycles. The van der Waals surface area contributed by atoms with Crippen LogP contribution < -0.4 is 16.1 Å². The summed E-state index contributed by atoms with van der Waals surface area (Å²) in [4.78, 5) is 22.7. The first-order valence-corrected chi connectivity index (χ1v) is 6.88. The summed E-state index contributed by atoms with van der Waals surface area (Å²) in [5.41, 5.74) is 1.19.